The first-order valence-corrected chi connectivity index (χ1v) is 8.77. The van der Waals surface area contributed by atoms with Gasteiger partial charge in [0, 0.05) is 5.56 Å². The van der Waals surface area contributed by atoms with E-state index >= 15 is 0 Å². The number of nitrogens with two attached hydrogens (primary N) is 1. The molecule has 4 aromatic rings. The van der Waals surface area contributed by atoms with Crippen LogP contribution in [-0.2, 0) is 0 Å². The van der Waals surface area contributed by atoms with E-state index < -0.39 is 0 Å². The molecule has 0 aliphatic heterocycles. The zero-order valence-corrected chi connectivity index (χ0v) is 15.6. The maximum atomic E-state index is 6.15. The Bertz CT molecular complexity index is 1100. The van der Waals surface area contributed by atoms with Crippen molar-refractivity contribution in [2.75, 3.05) is 12.8 Å². The average molecular weight is 407 g/mol. The number of methoxy groups -OCH3 is 1. The van der Waals surface area contributed by atoms with E-state index in [-0.39, 0.29) is 0 Å². The fourth-order valence-electron chi connectivity index (χ4n) is 2.91. The normalized spacial score (nSPS) is 10.8. The Labute approximate surface area is 159 Å². The Morgan fingerprint density at radius 2 is 1.77 bits per heavy atom. The van der Waals surface area contributed by atoms with E-state index in [4.69, 9.17) is 10.5 Å². The van der Waals surface area contributed by atoms with Crippen LogP contribution in [0, 0.1) is 0 Å². The van der Waals surface area contributed by atoms with Crippen molar-refractivity contribution in [1.82, 2.24) is 15.0 Å². The molecule has 4 rings (SSSR count). The summed E-state index contributed by atoms with van der Waals surface area (Å²) in [5.74, 6) is 1.17. The van der Waals surface area contributed by atoms with Gasteiger partial charge in [0.15, 0.2) is 5.65 Å². The standard InChI is InChI=1S/C20H15BrN4O/c1-26-17-8-7-13(9-15(17)21)14-10-16(12-5-3-2-4-6-12)25-20-18(14)19(22)23-11-24-20/h2-11H,1H3,(H2,22,23,24,25). The van der Waals surface area contributed by atoms with Crippen LogP contribution >= 0.6 is 15.9 Å². The molecule has 2 N–H and O–H groups in total. The van der Waals surface area contributed by atoms with E-state index in [9.17, 15) is 0 Å². The lowest BCUT2D eigenvalue weighted by atomic mass is 9.99. The fraction of sp³-hybridized carbons (Fsp3) is 0.0500. The molecule has 0 spiro atoms. The largest absolute Gasteiger partial charge is 0.496 e. The Morgan fingerprint density at radius 3 is 2.50 bits per heavy atom. The van der Waals surface area contributed by atoms with E-state index in [0.29, 0.717) is 11.5 Å². The summed E-state index contributed by atoms with van der Waals surface area (Å²) < 4.78 is 6.19. The molecule has 0 radical (unpaired) electrons. The van der Waals surface area contributed by atoms with Crippen LogP contribution in [0.5, 0.6) is 5.75 Å². The summed E-state index contributed by atoms with van der Waals surface area (Å²) in [6, 6.07) is 17.9. The number of ether oxygens (including phenoxy) is 1. The van der Waals surface area contributed by atoms with Gasteiger partial charge in [-0.15, -0.1) is 0 Å². The number of fused-ring (bicyclic) bond motifs is 1. The van der Waals surface area contributed by atoms with Gasteiger partial charge in [-0.05, 0) is 45.3 Å². The van der Waals surface area contributed by atoms with Crippen molar-refractivity contribution >= 4 is 32.8 Å². The minimum atomic E-state index is 0.407. The number of benzene rings is 2. The van der Waals surface area contributed by atoms with E-state index in [0.717, 1.165) is 38.0 Å². The van der Waals surface area contributed by atoms with Gasteiger partial charge in [0.25, 0.3) is 0 Å². The average Bonchev–Trinajstić information content (AvgIpc) is 2.68. The van der Waals surface area contributed by atoms with Crippen LogP contribution in [0.25, 0.3) is 33.4 Å². The Hall–Kier alpha value is -2.99. The summed E-state index contributed by atoms with van der Waals surface area (Å²) >= 11 is 3.55. The number of pyridine rings is 1. The molecular formula is C20H15BrN4O. The molecule has 0 bridgehead atoms. The summed E-state index contributed by atoms with van der Waals surface area (Å²) in [4.78, 5) is 13.2. The maximum Gasteiger partial charge on any atom is 0.165 e. The van der Waals surface area contributed by atoms with Gasteiger partial charge in [-0.3, -0.25) is 0 Å². The minimum Gasteiger partial charge on any atom is -0.496 e. The van der Waals surface area contributed by atoms with E-state index in [1.165, 1.54) is 6.33 Å². The lowest BCUT2D eigenvalue weighted by Crippen LogP contribution is -1.99. The second-order valence-corrected chi connectivity index (χ2v) is 6.58. The first kappa shape index (κ1) is 16.5. The zero-order chi connectivity index (χ0) is 18.1. The third kappa shape index (κ3) is 2.88. The first-order chi connectivity index (χ1) is 12.7. The van der Waals surface area contributed by atoms with Crippen LogP contribution in [0.4, 0.5) is 5.82 Å². The SMILES string of the molecule is COc1ccc(-c2cc(-c3ccccc3)nc3ncnc(N)c23)cc1Br. The highest BCUT2D eigenvalue weighted by atomic mass is 79.9. The van der Waals surface area contributed by atoms with Gasteiger partial charge in [-0.25, -0.2) is 15.0 Å². The highest BCUT2D eigenvalue weighted by Crippen LogP contribution is 2.36. The van der Waals surface area contributed by atoms with Gasteiger partial charge in [0.2, 0.25) is 0 Å². The number of nitrogen functional groups attached to an aromatic ring is 1. The molecule has 0 saturated carbocycles. The monoisotopic (exact) mass is 406 g/mol. The molecule has 0 fully saturated rings. The van der Waals surface area contributed by atoms with Crippen molar-refractivity contribution in [1.29, 1.82) is 0 Å². The highest BCUT2D eigenvalue weighted by molar-refractivity contribution is 9.10. The maximum absolute atomic E-state index is 6.15. The van der Waals surface area contributed by atoms with Crippen LogP contribution < -0.4 is 10.5 Å². The van der Waals surface area contributed by atoms with Gasteiger partial charge in [0.1, 0.15) is 17.9 Å². The van der Waals surface area contributed by atoms with Crippen molar-refractivity contribution in [3.8, 4) is 28.1 Å². The number of halogens is 1. The number of hydrogen-bond donors (Lipinski definition) is 1. The fourth-order valence-corrected chi connectivity index (χ4v) is 3.45. The second kappa shape index (κ2) is 6.72. The quantitative estimate of drug-likeness (QED) is 0.532. The summed E-state index contributed by atoms with van der Waals surface area (Å²) in [7, 11) is 1.64. The molecule has 0 unspecified atom stereocenters. The van der Waals surface area contributed by atoms with Crippen molar-refractivity contribution in [3.63, 3.8) is 0 Å². The summed E-state index contributed by atoms with van der Waals surface area (Å²) in [6.07, 6.45) is 1.44. The number of hydrogen-bond acceptors (Lipinski definition) is 5. The highest BCUT2D eigenvalue weighted by Gasteiger charge is 2.14. The summed E-state index contributed by atoms with van der Waals surface area (Å²) in [5.41, 5.74) is 10.5. The molecule has 2 heterocycles. The number of nitrogens with zero attached hydrogens (tertiary/aromatic N) is 3. The smallest absolute Gasteiger partial charge is 0.165 e. The Balaban J connectivity index is 2.02. The second-order valence-electron chi connectivity index (χ2n) is 5.73. The van der Waals surface area contributed by atoms with Crippen LogP contribution in [0.15, 0.2) is 65.4 Å². The molecular weight excluding hydrogens is 392 g/mol. The van der Waals surface area contributed by atoms with Gasteiger partial charge in [-0.2, -0.15) is 0 Å². The molecule has 26 heavy (non-hydrogen) atoms. The van der Waals surface area contributed by atoms with Gasteiger partial charge in [0.05, 0.1) is 22.7 Å². The van der Waals surface area contributed by atoms with Crippen molar-refractivity contribution < 1.29 is 4.74 Å². The molecule has 0 aliphatic rings. The van der Waals surface area contributed by atoms with Crippen LogP contribution in [0.2, 0.25) is 0 Å². The number of anilines is 1. The summed E-state index contributed by atoms with van der Waals surface area (Å²) in [6.45, 7) is 0. The molecule has 2 aromatic heterocycles. The van der Waals surface area contributed by atoms with Crippen molar-refractivity contribution in [2.45, 2.75) is 0 Å². The van der Waals surface area contributed by atoms with Gasteiger partial charge in [-0.1, -0.05) is 36.4 Å². The van der Waals surface area contributed by atoms with E-state index in [1.807, 2.05) is 54.6 Å². The van der Waals surface area contributed by atoms with Crippen molar-refractivity contribution in [2.24, 2.45) is 0 Å². The van der Waals surface area contributed by atoms with Gasteiger partial charge >= 0.3 is 0 Å². The number of rotatable bonds is 3. The minimum absolute atomic E-state index is 0.407. The van der Waals surface area contributed by atoms with Crippen LogP contribution in [0.1, 0.15) is 0 Å². The molecule has 6 heteroatoms. The van der Waals surface area contributed by atoms with Crippen LogP contribution in [0.3, 0.4) is 0 Å². The third-order valence-corrected chi connectivity index (χ3v) is 4.79. The molecule has 0 aliphatic carbocycles. The molecule has 2 aromatic carbocycles. The first-order valence-electron chi connectivity index (χ1n) is 7.98. The molecule has 5 nitrogen and oxygen atoms in total. The molecule has 0 atom stereocenters. The van der Waals surface area contributed by atoms with E-state index in [2.05, 4.69) is 30.9 Å². The van der Waals surface area contributed by atoms with E-state index in [1.54, 1.807) is 7.11 Å². The lowest BCUT2D eigenvalue weighted by Gasteiger charge is -2.12. The summed E-state index contributed by atoms with van der Waals surface area (Å²) in [5, 5.41) is 0.740. The number of aromatic nitrogens is 3. The van der Waals surface area contributed by atoms with Gasteiger partial charge < -0.3 is 10.5 Å². The Morgan fingerprint density at radius 1 is 0.962 bits per heavy atom. The zero-order valence-electron chi connectivity index (χ0n) is 14.0. The lowest BCUT2D eigenvalue weighted by molar-refractivity contribution is 0.412. The predicted octanol–water partition coefficient (Wildman–Crippen LogP) is 4.71. The third-order valence-electron chi connectivity index (χ3n) is 4.17. The Kier molecular flexibility index (Phi) is 4.26. The molecule has 0 saturated heterocycles. The van der Waals surface area contributed by atoms with Crippen molar-refractivity contribution in [3.05, 3.63) is 65.4 Å². The topological polar surface area (TPSA) is 73.9 Å². The molecule has 0 amide bonds. The predicted molar refractivity (Wildman–Crippen MR) is 107 cm³/mol. The molecule has 128 valence electrons. The van der Waals surface area contributed by atoms with Crippen LogP contribution in [-0.4, -0.2) is 22.1 Å².